The summed E-state index contributed by atoms with van der Waals surface area (Å²) < 4.78 is 7.24. The minimum atomic E-state index is -1.13. The highest BCUT2D eigenvalue weighted by Crippen LogP contribution is 2.35. The fraction of sp³-hybridized carbons (Fsp3) is 0.333. The Labute approximate surface area is 258 Å². The molecule has 2 aromatic carbocycles. The number of thioether (sulfide) groups is 1. The van der Waals surface area contributed by atoms with Crippen molar-refractivity contribution in [1.82, 2.24) is 19.8 Å². The van der Waals surface area contributed by atoms with Crippen LogP contribution in [0.5, 0.6) is 5.75 Å². The first-order valence-electron chi connectivity index (χ1n) is 13.3. The van der Waals surface area contributed by atoms with E-state index in [-0.39, 0.29) is 18.2 Å². The molecule has 0 saturated carbocycles. The maximum atomic E-state index is 13.0. The van der Waals surface area contributed by atoms with E-state index in [1.54, 1.807) is 30.6 Å². The molecule has 1 atom stereocenters. The van der Waals surface area contributed by atoms with Crippen molar-refractivity contribution in [3.63, 3.8) is 0 Å². The van der Waals surface area contributed by atoms with Gasteiger partial charge in [-0.25, -0.2) is 9.78 Å². The lowest BCUT2D eigenvalue weighted by Crippen LogP contribution is -2.48. The van der Waals surface area contributed by atoms with Crippen LogP contribution in [0.2, 0.25) is 10.0 Å². The topological polar surface area (TPSA) is 114 Å². The number of nitrogens with zero attached hydrogens (tertiary/aromatic N) is 3. The van der Waals surface area contributed by atoms with Gasteiger partial charge in [0.25, 0.3) is 0 Å². The average molecular weight is 632 g/mol. The smallest absolute Gasteiger partial charge is 0.326 e. The molecule has 2 amide bonds. The number of halogens is 2. The van der Waals surface area contributed by atoms with E-state index >= 15 is 0 Å². The van der Waals surface area contributed by atoms with E-state index in [0.717, 1.165) is 16.2 Å². The zero-order chi connectivity index (χ0) is 30.2. The molecule has 4 rings (SSSR count). The second-order valence-corrected chi connectivity index (χ2v) is 11.5. The van der Waals surface area contributed by atoms with E-state index in [0.29, 0.717) is 53.8 Å². The lowest BCUT2D eigenvalue weighted by atomic mass is 9.95. The number of hydrogen-bond acceptors (Lipinski definition) is 6. The van der Waals surface area contributed by atoms with Gasteiger partial charge in [0.05, 0.1) is 35.7 Å². The Morgan fingerprint density at radius 1 is 1.17 bits per heavy atom. The number of carbonyl (C=O) groups excluding carboxylic acids is 2. The number of likely N-dealkylation sites (tertiary alicyclic amines) is 1. The lowest BCUT2D eigenvalue weighted by Gasteiger charge is -2.31. The summed E-state index contributed by atoms with van der Waals surface area (Å²) in [6.07, 6.45) is 9.30. The molecule has 2 N–H and O–H groups in total. The van der Waals surface area contributed by atoms with Gasteiger partial charge in [-0.15, -0.1) is 11.8 Å². The highest BCUT2D eigenvalue weighted by atomic mass is 35.5. The number of aromatic nitrogens is 2. The van der Waals surface area contributed by atoms with Crippen LogP contribution < -0.4 is 10.1 Å². The molecule has 12 heteroatoms. The molecule has 42 heavy (non-hydrogen) atoms. The molecule has 1 aromatic heterocycles. The van der Waals surface area contributed by atoms with Gasteiger partial charge in [-0.3, -0.25) is 9.59 Å². The van der Waals surface area contributed by atoms with Crippen LogP contribution in [-0.2, 0) is 27.3 Å². The fourth-order valence-electron chi connectivity index (χ4n) is 4.79. The molecule has 3 aromatic rings. The van der Waals surface area contributed by atoms with Gasteiger partial charge >= 0.3 is 5.97 Å². The molecule has 0 radical (unpaired) electrons. The molecule has 1 fully saturated rings. The number of nitrogens with one attached hydrogen (secondary N) is 1. The summed E-state index contributed by atoms with van der Waals surface area (Å²) in [6.45, 7) is 1.27. The molecule has 1 aliphatic heterocycles. The van der Waals surface area contributed by atoms with Crippen molar-refractivity contribution in [2.24, 2.45) is 5.92 Å². The number of carboxylic acid groups (broad SMARTS) is 1. The predicted octanol–water partition coefficient (Wildman–Crippen LogP) is 5.03. The Morgan fingerprint density at radius 2 is 1.90 bits per heavy atom. The number of para-hydroxylation sites is 1. The number of imidazole rings is 1. The van der Waals surface area contributed by atoms with E-state index in [2.05, 4.69) is 10.3 Å². The lowest BCUT2D eigenvalue weighted by molar-refractivity contribution is -0.142. The van der Waals surface area contributed by atoms with E-state index in [1.165, 1.54) is 17.8 Å². The van der Waals surface area contributed by atoms with Gasteiger partial charge in [0.1, 0.15) is 11.8 Å². The van der Waals surface area contributed by atoms with Crippen LogP contribution in [0.25, 0.3) is 6.08 Å². The van der Waals surface area contributed by atoms with Crippen molar-refractivity contribution >= 4 is 58.8 Å². The Balaban J connectivity index is 1.29. The summed E-state index contributed by atoms with van der Waals surface area (Å²) in [5, 5.41) is 13.3. The van der Waals surface area contributed by atoms with Crippen molar-refractivity contribution in [2.45, 2.75) is 36.7 Å². The number of piperidine rings is 1. The van der Waals surface area contributed by atoms with Crippen LogP contribution >= 0.6 is 35.0 Å². The van der Waals surface area contributed by atoms with Gasteiger partial charge in [0.2, 0.25) is 11.8 Å². The SMILES string of the molecule is COc1ccccc1Cn1cnc(C[C@H](NC(=O)C2CCN(C(=O)/C=C/c3ccc(SC)c(Cl)c3Cl)CC2)C(=O)O)c1. The minimum absolute atomic E-state index is 0.0482. The van der Waals surface area contributed by atoms with Gasteiger partial charge in [0.15, 0.2) is 0 Å². The second kappa shape index (κ2) is 14.6. The number of methoxy groups -OCH3 is 1. The van der Waals surface area contributed by atoms with Crippen LogP contribution in [0, 0.1) is 5.92 Å². The highest BCUT2D eigenvalue weighted by Gasteiger charge is 2.30. The Morgan fingerprint density at radius 3 is 2.60 bits per heavy atom. The monoisotopic (exact) mass is 630 g/mol. The molecule has 2 heterocycles. The number of rotatable bonds is 11. The van der Waals surface area contributed by atoms with Crippen molar-refractivity contribution < 1.29 is 24.2 Å². The molecule has 0 unspecified atom stereocenters. The number of aliphatic carboxylic acids is 1. The van der Waals surface area contributed by atoms with Crippen molar-refractivity contribution in [1.29, 1.82) is 0 Å². The summed E-state index contributed by atoms with van der Waals surface area (Å²) in [4.78, 5) is 44.5. The normalized spacial score (nSPS) is 14.6. The molecular formula is C30H32Cl2N4O5S. The highest BCUT2D eigenvalue weighted by molar-refractivity contribution is 7.98. The summed E-state index contributed by atoms with van der Waals surface area (Å²) in [6, 6.07) is 10.2. The Bertz CT molecular complexity index is 1470. The number of amides is 2. The van der Waals surface area contributed by atoms with Gasteiger partial charge in [-0.1, -0.05) is 47.5 Å². The predicted molar refractivity (Wildman–Crippen MR) is 164 cm³/mol. The van der Waals surface area contributed by atoms with E-state index in [1.807, 2.05) is 47.2 Å². The van der Waals surface area contributed by atoms with Gasteiger partial charge < -0.3 is 24.6 Å². The van der Waals surface area contributed by atoms with Crippen molar-refractivity contribution in [3.05, 3.63) is 81.9 Å². The molecule has 1 aliphatic rings. The summed E-state index contributed by atoms with van der Waals surface area (Å²) >= 11 is 14.1. The first-order valence-corrected chi connectivity index (χ1v) is 15.3. The molecule has 0 spiro atoms. The van der Waals surface area contributed by atoms with E-state index in [4.69, 9.17) is 27.9 Å². The van der Waals surface area contributed by atoms with Crippen LogP contribution in [0.4, 0.5) is 0 Å². The zero-order valence-corrected chi connectivity index (χ0v) is 25.6. The molecule has 222 valence electrons. The maximum absolute atomic E-state index is 13.0. The van der Waals surface area contributed by atoms with Crippen molar-refractivity contribution in [3.8, 4) is 5.75 Å². The van der Waals surface area contributed by atoms with Crippen molar-refractivity contribution in [2.75, 3.05) is 26.5 Å². The largest absolute Gasteiger partial charge is 0.496 e. The van der Waals surface area contributed by atoms with Crippen LogP contribution in [-0.4, -0.2) is 69.8 Å². The first kappa shape index (κ1) is 31.5. The number of benzene rings is 2. The molecule has 1 saturated heterocycles. The molecule has 9 nitrogen and oxygen atoms in total. The summed E-state index contributed by atoms with van der Waals surface area (Å²) in [5.74, 6) is -1.31. The number of ether oxygens (including phenoxy) is 1. The Hall–Kier alpha value is -3.47. The van der Waals surface area contributed by atoms with Gasteiger partial charge in [-0.05, 0) is 42.9 Å². The second-order valence-electron chi connectivity index (χ2n) is 9.87. The van der Waals surface area contributed by atoms with Crippen LogP contribution in [0.15, 0.2) is 59.9 Å². The molecule has 0 aliphatic carbocycles. The van der Waals surface area contributed by atoms with E-state index < -0.39 is 17.9 Å². The quantitative estimate of drug-likeness (QED) is 0.225. The number of hydrogen-bond donors (Lipinski definition) is 2. The summed E-state index contributed by atoms with van der Waals surface area (Å²) in [7, 11) is 1.61. The van der Waals surface area contributed by atoms with E-state index in [9.17, 15) is 19.5 Å². The fourth-order valence-corrected chi connectivity index (χ4v) is 5.96. The van der Waals surface area contributed by atoms with Crippen LogP contribution in [0.3, 0.4) is 0 Å². The third-order valence-electron chi connectivity index (χ3n) is 7.14. The van der Waals surface area contributed by atoms with Gasteiger partial charge in [-0.2, -0.15) is 0 Å². The Kier molecular flexibility index (Phi) is 11.0. The molecular weight excluding hydrogens is 599 g/mol. The average Bonchev–Trinajstić information content (AvgIpc) is 3.44. The third kappa shape index (κ3) is 7.87. The first-order chi connectivity index (χ1) is 20.2. The number of carboxylic acids is 1. The maximum Gasteiger partial charge on any atom is 0.326 e. The third-order valence-corrected chi connectivity index (χ3v) is 8.93. The standard InChI is InChI=1S/C30H32Cl2N4O5S/c1-41-24-6-4-3-5-21(24)16-35-17-22(33-18-35)15-23(30(39)40)34-29(38)20-11-13-36(14-12-20)26(37)10-8-19-7-9-25(42-2)28(32)27(19)31/h3-10,17-18,20,23H,11-16H2,1-2H3,(H,34,38)(H,39,40)/b10-8+/t23-/m0/s1. The summed E-state index contributed by atoms with van der Waals surface area (Å²) in [5.41, 5.74) is 2.16. The molecule has 0 bridgehead atoms. The number of carbonyl (C=O) groups is 3. The minimum Gasteiger partial charge on any atom is -0.496 e. The zero-order valence-electron chi connectivity index (χ0n) is 23.3. The van der Waals surface area contributed by atoms with Crippen LogP contribution in [0.1, 0.15) is 29.7 Å². The van der Waals surface area contributed by atoms with Gasteiger partial charge in [0, 0.05) is 48.2 Å².